The van der Waals surface area contributed by atoms with Gasteiger partial charge in [-0.05, 0) is 62.1 Å². The summed E-state index contributed by atoms with van der Waals surface area (Å²) in [5, 5.41) is 0. The molecule has 22 heavy (non-hydrogen) atoms. The Kier molecular flexibility index (Phi) is 5.28. The summed E-state index contributed by atoms with van der Waals surface area (Å²) in [4.78, 5) is 0. The molecule has 0 fully saturated rings. The molecule has 0 heterocycles. The van der Waals surface area contributed by atoms with E-state index in [1.165, 1.54) is 7.11 Å². The van der Waals surface area contributed by atoms with Crippen LogP contribution in [0.4, 0.5) is 0 Å². The molecule has 0 amide bonds. The molecule has 2 aromatic carbocycles. The zero-order valence-corrected chi connectivity index (χ0v) is 15.3. The van der Waals surface area contributed by atoms with Crippen LogP contribution in [0, 0.1) is 27.7 Å². The molecule has 0 aliphatic rings. The summed E-state index contributed by atoms with van der Waals surface area (Å²) in [5.41, 5.74) is 4.36. The Morgan fingerprint density at radius 2 is 1.18 bits per heavy atom. The maximum Gasteiger partial charge on any atom is 0.434 e. The van der Waals surface area contributed by atoms with E-state index in [-0.39, 0.29) is 0 Å². The number of rotatable bonds is 5. The standard InChI is InChI=1S/C17H21O3PS/c1-12-8-6-10-16(14(12)3)19-21(22,18-5)20-17-11-7-9-13(2)15(17)4/h6-11H,1-5H3. The number of aryl methyl sites for hydroxylation is 2. The van der Waals surface area contributed by atoms with E-state index in [0.29, 0.717) is 11.5 Å². The molecule has 0 atom stereocenters. The van der Waals surface area contributed by atoms with Gasteiger partial charge in [-0.1, -0.05) is 24.3 Å². The second kappa shape index (κ2) is 6.82. The van der Waals surface area contributed by atoms with Crippen molar-refractivity contribution >= 4 is 18.5 Å². The Morgan fingerprint density at radius 1 is 0.773 bits per heavy atom. The highest BCUT2D eigenvalue weighted by Crippen LogP contribution is 2.50. The molecule has 0 aliphatic heterocycles. The van der Waals surface area contributed by atoms with Crippen molar-refractivity contribution in [3.8, 4) is 11.5 Å². The molecule has 0 aromatic heterocycles. The van der Waals surface area contributed by atoms with Crippen LogP contribution >= 0.6 is 6.72 Å². The normalized spacial score (nSPS) is 11.3. The van der Waals surface area contributed by atoms with Crippen molar-refractivity contribution < 1.29 is 13.6 Å². The van der Waals surface area contributed by atoms with Crippen molar-refractivity contribution in [1.29, 1.82) is 0 Å². The van der Waals surface area contributed by atoms with Gasteiger partial charge >= 0.3 is 6.72 Å². The zero-order valence-electron chi connectivity index (χ0n) is 13.5. The average molecular weight is 336 g/mol. The Labute approximate surface area is 137 Å². The molecule has 0 unspecified atom stereocenters. The summed E-state index contributed by atoms with van der Waals surface area (Å²) in [6.07, 6.45) is 0. The van der Waals surface area contributed by atoms with E-state index in [0.717, 1.165) is 22.3 Å². The molecule has 0 aliphatic carbocycles. The van der Waals surface area contributed by atoms with Crippen LogP contribution in [-0.2, 0) is 16.3 Å². The quantitative estimate of drug-likeness (QED) is 0.697. The lowest BCUT2D eigenvalue weighted by molar-refractivity contribution is 0.318. The summed E-state index contributed by atoms with van der Waals surface area (Å²) in [6, 6.07) is 11.7. The maximum absolute atomic E-state index is 5.94. The minimum Gasteiger partial charge on any atom is -0.415 e. The van der Waals surface area contributed by atoms with Gasteiger partial charge in [0.05, 0.1) is 0 Å². The first-order valence-electron chi connectivity index (χ1n) is 7.03. The van der Waals surface area contributed by atoms with Crippen molar-refractivity contribution in [2.45, 2.75) is 27.7 Å². The Morgan fingerprint density at radius 3 is 1.55 bits per heavy atom. The molecule has 0 bridgehead atoms. The monoisotopic (exact) mass is 336 g/mol. The molecule has 0 spiro atoms. The van der Waals surface area contributed by atoms with Crippen LogP contribution in [0.15, 0.2) is 36.4 Å². The first-order valence-corrected chi connectivity index (χ1v) is 9.59. The maximum atomic E-state index is 5.94. The van der Waals surface area contributed by atoms with Crippen LogP contribution in [0.1, 0.15) is 22.3 Å². The third-order valence-corrected chi connectivity index (χ3v) is 5.94. The van der Waals surface area contributed by atoms with Gasteiger partial charge in [-0.3, -0.25) is 4.52 Å². The van der Waals surface area contributed by atoms with Crippen LogP contribution in [0.3, 0.4) is 0 Å². The molecule has 2 rings (SSSR count). The summed E-state index contributed by atoms with van der Waals surface area (Å²) in [5.74, 6) is 1.41. The highest BCUT2D eigenvalue weighted by atomic mass is 32.5. The smallest absolute Gasteiger partial charge is 0.415 e. The van der Waals surface area contributed by atoms with E-state index in [4.69, 9.17) is 25.4 Å². The molecule has 0 saturated carbocycles. The average Bonchev–Trinajstić information content (AvgIpc) is 2.49. The van der Waals surface area contributed by atoms with Crippen LogP contribution in [-0.4, -0.2) is 7.11 Å². The number of hydrogen-bond acceptors (Lipinski definition) is 4. The zero-order chi connectivity index (χ0) is 16.3. The lowest BCUT2D eigenvalue weighted by atomic mass is 10.1. The third-order valence-electron chi connectivity index (χ3n) is 3.75. The summed E-state index contributed by atoms with van der Waals surface area (Å²) in [6.45, 7) is 5.16. The van der Waals surface area contributed by atoms with Crippen molar-refractivity contribution in [3.05, 3.63) is 58.7 Å². The second-order valence-corrected chi connectivity index (χ2v) is 8.17. The molecule has 0 N–H and O–H groups in total. The van der Waals surface area contributed by atoms with Gasteiger partial charge in [0.2, 0.25) is 0 Å². The molecule has 118 valence electrons. The van der Waals surface area contributed by atoms with E-state index >= 15 is 0 Å². The van der Waals surface area contributed by atoms with Gasteiger partial charge in [0.1, 0.15) is 11.5 Å². The number of hydrogen-bond donors (Lipinski definition) is 0. The van der Waals surface area contributed by atoms with Gasteiger partial charge < -0.3 is 9.05 Å². The van der Waals surface area contributed by atoms with Crippen LogP contribution in [0.25, 0.3) is 0 Å². The predicted octanol–water partition coefficient (Wildman–Crippen LogP) is 5.25. The second-order valence-electron chi connectivity index (χ2n) is 5.21. The van der Waals surface area contributed by atoms with Crippen LogP contribution < -0.4 is 9.05 Å². The van der Waals surface area contributed by atoms with E-state index in [1.54, 1.807) is 0 Å². The fourth-order valence-corrected chi connectivity index (χ4v) is 3.53. The Bertz CT molecular complexity index is 670. The third kappa shape index (κ3) is 3.70. The van der Waals surface area contributed by atoms with E-state index < -0.39 is 6.72 Å². The van der Waals surface area contributed by atoms with Gasteiger partial charge in [-0.25, -0.2) is 0 Å². The van der Waals surface area contributed by atoms with E-state index in [2.05, 4.69) is 0 Å². The molecule has 0 radical (unpaired) electrons. The first-order chi connectivity index (χ1) is 10.4. The minimum atomic E-state index is -2.90. The molecule has 3 nitrogen and oxygen atoms in total. The van der Waals surface area contributed by atoms with Crippen molar-refractivity contribution in [2.75, 3.05) is 7.11 Å². The van der Waals surface area contributed by atoms with Gasteiger partial charge in [0.25, 0.3) is 0 Å². The summed E-state index contributed by atoms with van der Waals surface area (Å²) >= 11 is 5.52. The highest BCUT2D eigenvalue weighted by Gasteiger charge is 2.24. The lowest BCUT2D eigenvalue weighted by Gasteiger charge is -2.23. The van der Waals surface area contributed by atoms with Gasteiger partial charge in [-0.15, -0.1) is 0 Å². The Hall–Kier alpha value is -1.35. The number of benzene rings is 2. The van der Waals surface area contributed by atoms with E-state index in [9.17, 15) is 0 Å². The molecule has 5 heteroatoms. The van der Waals surface area contributed by atoms with Crippen LogP contribution in [0.5, 0.6) is 11.5 Å². The fourth-order valence-electron chi connectivity index (χ4n) is 1.98. The summed E-state index contributed by atoms with van der Waals surface area (Å²) in [7, 11) is 1.52. The highest BCUT2D eigenvalue weighted by molar-refractivity contribution is 8.07. The molecule has 0 saturated heterocycles. The Balaban J connectivity index is 2.31. The first kappa shape index (κ1) is 17.0. The predicted molar refractivity (Wildman–Crippen MR) is 94.4 cm³/mol. The molecule has 2 aromatic rings. The van der Waals surface area contributed by atoms with Gasteiger partial charge in [0.15, 0.2) is 0 Å². The molecular formula is C17H21O3PS. The minimum absolute atomic E-state index is 0.704. The van der Waals surface area contributed by atoms with Crippen molar-refractivity contribution in [1.82, 2.24) is 0 Å². The largest absolute Gasteiger partial charge is 0.434 e. The SMILES string of the molecule is COP(=S)(Oc1cccc(C)c1C)Oc1cccc(C)c1C. The van der Waals surface area contributed by atoms with Gasteiger partial charge in [-0.2, -0.15) is 0 Å². The van der Waals surface area contributed by atoms with Crippen molar-refractivity contribution in [3.63, 3.8) is 0 Å². The van der Waals surface area contributed by atoms with Crippen LogP contribution in [0.2, 0.25) is 0 Å². The summed E-state index contributed by atoms with van der Waals surface area (Å²) < 4.78 is 17.3. The van der Waals surface area contributed by atoms with E-state index in [1.807, 2.05) is 64.1 Å². The van der Waals surface area contributed by atoms with Gasteiger partial charge in [0, 0.05) is 18.9 Å². The topological polar surface area (TPSA) is 27.7 Å². The fraction of sp³-hybridized carbons (Fsp3) is 0.294. The molecular weight excluding hydrogens is 315 g/mol. The lowest BCUT2D eigenvalue weighted by Crippen LogP contribution is -2.05. The van der Waals surface area contributed by atoms with Crippen molar-refractivity contribution in [2.24, 2.45) is 0 Å².